The van der Waals surface area contributed by atoms with Crippen molar-refractivity contribution in [2.24, 2.45) is 4.99 Å². The van der Waals surface area contributed by atoms with Gasteiger partial charge in [-0.3, -0.25) is 4.79 Å². The van der Waals surface area contributed by atoms with E-state index >= 15 is 0 Å². The summed E-state index contributed by atoms with van der Waals surface area (Å²) < 4.78 is 0. The molecule has 0 heterocycles. The van der Waals surface area contributed by atoms with Crippen LogP contribution in [-0.2, 0) is 4.79 Å². The first-order valence-electron chi connectivity index (χ1n) is 2.17. The van der Waals surface area contributed by atoms with Crippen LogP contribution >= 0.6 is 0 Å². The number of aliphatic imine (C=N–C) groups is 1. The molecule has 2 heteroatoms. The molecule has 0 aliphatic heterocycles. The van der Waals surface area contributed by atoms with Gasteiger partial charge in [-0.15, -0.1) is 0 Å². The van der Waals surface area contributed by atoms with Gasteiger partial charge in [0.1, 0.15) is 5.78 Å². The molecule has 0 aliphatic carbocycles. The molecule has 0 bridgehead atoms. The fourth-order valence-electron chi connectivity index (χ4n) is 0.220. The third-order valence-corrected chi connectivity index (χ3v) is 0.561. The lowest BCUT2D eigenvalue weighted by Crippen LogP contribution is -1.88. The molecule has 0 rings (SSSR count). The van der Waals surface area contributed by atoms with Gasteiger partial charge < -0.3 is 4.99 Å². The SMILES string of the molecule is C/N=C\CC(C)=O. The highest BCUT2D eigenvalue weighted by Gasteiger charge is 1.82. The zero-order valence-corrected chi connectivity index (χ0v) is 4.64. The smallest absolute Gasteiger partial charge is 0.135 e. The van der Waals surface area contributed by atoms with E-state index in [4.69, 9.17) is 0 Å². The first kappa shape index (κ1) is 6.34. The van der Waals surface area contributed by atoms with E-state index in [1.807, 2.05) is 0 Å². The van der Waals surface area contributed by atoms with E-state index < -0.39 is 0 Å². The number of carbonyl (C=O) groups excluding carboxylic acids is 1. The van der Waals surface area contributed by atoms with Crippen molar-refractivity contribution in [1.29, 1.82) is 0 Å². The van der Waals surface area contributed by atoms with E-state index in [1.54, 1.807) is 20.2 Å². The van der Waals surface area contributed by atoms with Gasteiger partial charge in [-0.05, 0) is 6.92 Å². The summed E-state index contributed by atoms with van der Waals surface area (Å²) in [6.07, 6.45) is 2.07. The lowest BCUT2D eigenvalue weighted by atomic mass is 10.3. The van der Waals surface area contributed by atoms with Gasteiger partial charge in [-0.2, -0.15) is 0 Å². The molecule has 0 aromatic rings. The van der Waals surface area contributed by atoms with Crippen molar-refractivity contribution in [3.63, 3.8) is 0 Å². The van der Waals surface area contributed by atoms with Crippen molar-refractivity contribution in [2.75, 3.05) is 7.05 Å². The van der Waals surface area contributed by atoms with Crippen LogP contribution in [0.1, 0.15) is 13.3 Å². The zero-order valence-electron chi connectivity index (χ0n) is 4.64. The minimum atomic E-state index is 0.158. The Balaban J connectivity index is 3.14. The summed E-state index contributed by atoms with van der Waals surface area (Å²) in [5.41, 5.74) is 0. The van der Waals surface area contributed by atoms with Crippen LogP contribution in [0.25, 0.3) is 0 Å². The van der Waals surface area contributed by atoms with Crippen LogP contribution < -0.4 is 0 Å². The summed E-state index contributed by atoms with van der Waals surface area (Å²) in [5, 5.41) is 0. The summed E-state index contributed by atoms with van der Waals surface area (Å²) in [7, 11) is 1.66. The standard InChI is InChI=1S/C5H9NO/c1-5(7)3-4-6-2/h4H,3H2,1-2H3/b6-4-. The second-order valence-corrected chi connectivity index (χ2v) is 1.35. The molecule has 0 saturated heterocycles. The summed E-state index contributed by atoms with van der Waals surface area (Å²) in [4.78, 5) is 13.7. The van der Waals surface area contributed by atoms with Crippen molar-refractivity contribution < 1.29 is 4.79 Å². The molecule has 0 atom stereocenters. The molecule has 0 radical (unpaired) electrons. The Bertz CT molecular complexity index is 86.1. The van der Waals surface area contributed by atoms with Crippen molar-refractivity contribution >= 4 is 12.0 Å². The molecular weight excluding hydrogens is 90.1 g/mol. The first-order valence-corrected chi connectivity index (χ1v) is 2.17. The second-order valence-electron chi connectivity index (χ2n) is 1.35. The molecule has 0 N–H and O–H groups in total. The Kier molecular flexibility index (Phi) is 3.19. The van der Waals surface area contributed by atoms with Gasteiger partial charge in [0, 0.05) is 19.7 Å². The number of nitrogens with zero attached hydrogens (tertiary/aromatic N) is 1. The maximum absolute atomic E-state index is 10.1. The van der Waals surface area contributed by atoms with Gasteiger partial charge in [0.25, 0.3) is 0 Å². The van der Waals surface area contributed by atoms with E-state index in [2.05, 4.69) is 4.99 Å². The van der Waals surface area contributed by atoms with Crippen molar-refractivity contribution in [1.82, 2.24) is 0 Å². The summed E-state index contributed by atoms with van der Waals surface area (Å²) in [6.45, 7) is 1.54. The Morgan fingerprint density at radius 3 is 2.57 bits per heavy atom. The van der Waals surface area contributed by atoms with Gasteiger partial charge in [-0.25, -0.2) is 0 Å². The van der Waals surface area contributed by atoms with Crippen LogP contribution in [-0.4, -0.2) is 19.0 Å². The maximum Gasteiger partial charge on any atom is 0.135 e. The number of Topliss-reactive ketones (excluding diaryl/α,β-unsaturated/α-hetero) is 1. The van der Waals surface area contributed by atoms with Crippen LogP contribution in [0.3, 0.4) is 0 Å². The summed E-state index contributed by atoms with van der Waals surface area (Å²) >= 11 is 0. The topological polar surface area (TPSA) is 29.4 Å². The Morgan fingerprint density at radius 2 is 2.43 bits per heavy atom. The van der Waals surface area contributed by atoms with E-state index in [9.17, 15) is 4.79 Å². The predicted octanol–water partition coefficient (Wildman–Crippen LogP) is 0.666. The van der Waals surface area contributed by atoms with E-state index in [-0.39, 0.29) is 5.78 Å². The molecular formula is C5H9NO. The average molecular weight is 99.1 g/mol. The van der Waals surface area contributed by atoms with Gasteiger partial charge in [0.2, 0.25) is 0 Å². The Labute approximate surface area is 43.3 Å². The van der Waals surface area contributed by atoms with Crippen LogP contribution in [0.2, 0.25) is 0 Å². The third-order valence-electron chi connectivity index (χ3n) is 0.561. The minimum absolute atomic E-state index is 0.158. The third kappa shape index (κ3) is 5.34. The Morgan fingerprint density at radius 1 is 1.86 bits per heavy atom. The molecule has 0 amide bonds. The molecule has 0 saturated carbocycles. The second kappa shape index (κ2) is 3.53. The quantitative estimate of drug-likeness (QED) is 0.468. The summed E-state index contributed by atoms with van der Waals surface area (Å²) in [6, 6.07) is 0. The van der Waals surface area contributed by atoms with E-state index in [0.717, 1.165) is 0 Å². The monoisotopic (exact) mass is 99.1 g/mol. The van der Waals surface area contributed by atoms with Gasteiger partial charge in [0.05, 0.1) is 0 Å². The van der Waals surface area contributed by atoms with Gasteiger partial charge >= 0.3 is 0 Å². The molecule has 0 fully saturated rings. The highest BCUT2D eigenvalue weighted by molar-refractivity contribution is 5.89. The van der Waals surface area contributed by atoms with Crippen LogP contribution in [0.5, 0.6) is 0 Å². The molecule has 2 nitrogen and oxygen atoms in total. The van der Waals surface area contributed by atoms with Crippen LogP contribution in [0.4, 0.5) is 0 Å². The van der Waals surface area contributed by atoms with Gasteiger partial charge in [-0.1, -0.05) is 0 Å². The van der Waals surface area contributed by atoms with E-state index in [0.29, 0.717) is 6.42 Å². The first-order chi connectivity index (χ1) is 3.27. The van der Waals surface area contributed by atoms with Crippen molar-refractivity contribution in [2.45, 2.75) is 13.3 Å². The zero-order chi connectivity index (χ0) is 5.70. The number of ketones is 1. The molecule has 0 aromatic heterocycles. The van der Waals surface area contributed by atoms with Crippen molar-refractivity contribution in [3.05, 3.63) is 0 Å². The number of hydrogen-bond acceptors (Lipinski definition) is 2. The number of rotatable bonds is 2. The molecule has 0 unspecified atom stereocenters. The fourth-order valence-corrected chi connectivity index (χ4v) is 0.220. The molecule has 0 aliphatic rings. The normalized spacial score (nSPS) is 10.0. The Hall–Kier alpha value is -0.660. The lowest BCUT2D eigenvalue weighted by molar-refractivity contribution is -0.115. The molecule has 40 valence electrons. The number of carbonyl (C=O) groups is 1. The highest BCUT2D eigenvalue weighted by atomic mass is 16.1. The van der Waals surface area contributed by atoms with E-state index in [1.165, 1.54) is 0 Å². The van der Waals surface area contributed by atoms with Crippen LogP contribution in [0.15, 0.2) is 4.99 Å². The maximum atomic E-state index is 10.1. The summed E-state index contributed by atoms with van der Waals surface area (Å²) in [5.74, 6) is 0.158. The molecule has 0 spiro atoms. The molecule has 7 heavy (non-hydrogen) atoms. The largest absolute Gasteiger partial charge is 0.300 e. The fraction of sp³-hybridized carbons (Fsp3) is 0.600. The predicted molar refractivity (Wildman–Crippen MR) is 29.7 cm³/mol. The van der Waals surface area contributed by atoms with Crippen LogP contribution in [0, 0.1) is 0 Å². The minimum Gasteiger partial charge on any atom is -0.300 e. The van der Waals surface area contributed by atoms with Crippen molar-refractivity contribution in [3.8, 4) is 0 Å². The average Bonchev–Trinajstić information content (AvgIpc) is 1.61. The highest BCUT2D eigenvalue weighted by Crippen LogP contribution is 1.72. The number of hydrogen-bond donors (Lipinski definition) is 0. The molecule has 0 aromatic carbocycles. The lowest BCUT2D eigenvalue weighted by Gasteiger charge is -1.77. The van der Waals surface area contributed by atoms with Gasteiger partial charge in [0.15, 0.2) is 0 Å².